The van der Waals surface area contributed by atoms with Gasteiger partial charge < -0.3 is 10.6 Å². The van der Waals surface area contributed by atoms with Crippen LogP contribution in [-0.4, -0.2) is 43.4 Å². The van der Waals surface area contributed by atoms with Crippen molar-refractivity contribution in [3.05, 3.63) is 17.5 Å². The molecule has 8 heteroatoms. The second-order valence-corrected chi connectivity index (χ2v) is 12.6. The SMILES string of the molecule is O=C(NC1CCN(S(=O)(=O)c2cccs2)CC1)NC12CC3CCCC(C3)(C1)C2. The quantitative estimate of drug-likeness (QED) is 0.780. The van der Waals surface area contributed by atoms with Crippen molar-refractivity contribution in [2.24, 2.45) is 11.3 Å². The number of hydrogen-bond donors (Lipinski definition) is 2. The molecule has 1 aromatic rings. The highest BCUT2D eigenvalue weighted by molar-refractivity contribution is 7.91. The molecule has 1 aliphatic heterocycles. The van der Waals surface area contributed by atoms with Crippen LogP contribution in [0.5, 0.6) is 0 Å². The van der Waals surface area contributed by atoms with Crippen molar-refractivity contribution in [3.8, 4) is 0 Å². The Morgan fingerprint density at radius 3 is 2.64 bits per heavy atom. The number of amides is 2. The first-order chi connectivity index (χ1) is 13.4. The summed E-state index contributed by atoms with van der Waals surface area (Å²) >= 11 is 1.26. The van der Waals surface area contributed by atoms with Crippen LogP contribution in [-0.2, 0) is 10.0 Å². The maximum Gasteiger partial charge on any atom is 0.315 e. The van der Waals surface area contributed by atoms with Crippen LogP contribution in [0.1, 0.15) is 57.8 Å². The van der Waals surface area contributed by atoms with Gasteiger partial charge in [0.05, 0.1) is 0 Å². The molecular weight excluding hydrogens is 394 g/mol. The Labute approximate surface area is 171 Å². The van der Waals surface area contributed by atoms with E-state index in [1.54, 1.807) is 21.8 Å². The van der Waals surface area contributed by atoms with E-state index in [9.17, 15) is 13.2 Å². The molecule has 2 heterocycles. The lowest BCUT2D eigenvalue weighted by molar-refractivity contribution is -0.103. The normalized spacial score (nSPS) is 35.8. The lowest BCUT2D eigenvalue weighted by Gasteiger charge is -2.65. The van der Waals surface area contributed by atoms with Gasteiger partial charge in [-0.25, -0.2) is 13.2 Å². The molecule has 6 nitrogen and oxygen atoms in total. The first kappa shape index (κ1) is 18.9. The van der Waals surface area contributed by atoms with Gasteiger partial charge in [-0.2, -0.15) is 4.31 Å². The average Bonchev–Trinajstić information content (AvgIpc) is 3.16. The Morgan fingerprint density at radius 1 is 1.18 bits per heavy atom. The van der Waals surface area contributed by atoms with Crippen LogP contribution in [0.3, 0.4) is 0 Å². The molecule has 3 bridgehead atoms. The van der Waals surface area contributed by atoms with E-state index in [1.807, 2.05) is 0 Å². The fraction of sp³-hybridized carbons (Fsp3) is 0.750. The third-order valence-corrected chi connectivity index (χ3v) is 10.7. The Bertz CT molecular complexity index is 833. The number of rotatable bonds is 4. The summed E-state index contributed by atoms with van der Waals surface area (Å²) in [6.45, 7) is 0.920. The van der Waals surface area contributed by atoms with Crippen molar-refractivity contribution in [1.82, 2.24) is 14.9 Å². The smallest absolute Gasteiger partial charge is 0.315 e. The Hall–Kier alpha value is -1.12. The van der Waals surface area contributed by atoms with Gasteiger partial charge in [0, 0.05) is 24.7 Å². The maximum absolute atomic E-state index is 12.6. The Morgan fingerprint density at radius 2 is 1.96 bits per heavy atom. The molecule has 1 saturated heterocycles. The highest BCUT2D eigenvalue weighted by atomic mass is 32.2. The van der Waals surface area contributed by atoms with Crippen molar-refractivity contribution in [1.29, 1.82) is 0 Å². The van der Waals surface area contributed by atoms with Crippen LogP contribution >= 0.6 is 11.3 Å². The van der Waals surface area contributed by atoms with E-state index >= 15 is 0 Å². The van der Waals surface area contributed by atoms with Crippen LogP contribution in [0.2, 0.25) is 0 Å². The molecule has 2 N–H and O–H groups in total. The minimum Gasteiger partial charge on any atom is -0.335 e. The number of thiophene rings is 1. The van der Waals surface area contributed by atoms with E-state index < -0.39 is 10.0 Å². The van der Waals surface area contributed by atoms with Gasteiger partial charge in [0.15, 0.2) is 0 Å². The van der Waals surface area contributed by atoms with Gasteiger partial charge in [0.25, 0.3) is 10.0 Å². The van der Waals surface area contributed by atoms with Crippen molar-refractivity contribution in [3.63, 3.8) is 0 Å². The highest BCUT2D eigenvalue weighted by Crippen LogP contribution is 2.65. The number of carbonyl (C=O) groups excluding carboxylic acids is 1. The molecule has 4 saturated carbocycles. The predicted molar refractivity (Wildman–Crippen MR) is 109 cm³/mol. The molecule has 6 rings (SSSR count). The maximum atomic E-state index is 12.6. The molecule has 28 heavy (non-hydrogen) atoms. The van der Waals surface area contributed by atoms with E-state index in [0.717, 1.165) is 25.2 Å². The summed E-state index contributed by atoms with van der Waals surface area (Å²) in [5.74, 6) is 0.794. The number of sulfonamides is 1. The molecule has 0 radical (unpaired) electrons. The lowest BCUT2D eigenvalue weighted by atomic mass is 9.43. The molecule has 154 valence electrons. The van der Waals surface area contributed by atoms with Gasteiger partial charge in [-0.3, -0.25) is 0 Å². The van der Waals surface area contributed by atoms with E-state index in [0.29, 0.717) is 35.6 Å². The minimum atomic E-state index is -3.38. The van der Waals surface area contributed by atoms with Crippen LogP contribution in [0.25, 0.3) is 0 Å². The monoisotopic (exact) mass is 423 g/mol. The summed E-state index contributed by atoms with van der Waals surface area (Å²) in [7, 11) is -3.38. The standard InChI is InChI=1S/C20H29N3O3S2/c24-18(22-20-12-15-3-1-7-19(11-15,13-20)14-20)21-16-5-8-23(9-6-16)28(25,26)17-4-2-10-27-17/h2,4,10,15-16H,1,3,5-9,11-14H2,(H2,21,22,24). The molecule has 2 amide bonds. The molecule has 0 aromatic carbocycles. The van der Waals surface area contributed by atoms with Crippen LogP contribution in [0.15, 0.2) is 21.7 Å². The largest absolute Gasteiger partial charge is 0.335 e. The number of nitrogens with one attached hydrogen (secondary N) is 2. The summed E-state index contributed by atoms with van der Waals surface area (Å²) in [5.41, 5.74) is 0.548. The fourth-order valence-corrected chi connectivity index (χ4v) is 9.15. The van der Waals surface area contributed by atoms with E-state index in [4.69, 9.17) is 0 Å². The van der Waals surface area contributed by atoms with Gasteiger partial charge in [-0.15, -0.1) is 11.3 Å². The average molecular weight is 424 g/mol. The summed E-state index contributed by atoms with van der Waals surface area (Å²) in [5, 5.41) is 8.22. The third-order valence-electron chi connectivity index (χ3n) is 7.40. The van der Waals surface area contributed by atoms with Crippen molar-refractivity contribution < 1.29 is 13.2 Å². The predicted octanol–water partition coefficient (Wildman–Crippen LogP) is 3.31. The van der Waals surface area contributed by atoms with Crippen molar-refractivity contribution in [2.75, 3.05) is 13.1 Å². The van der Waals surface area contributed by atoms with Gasteiger partial charge in [-0.1, -0.05) is 18.9 Å². The summed E-state index contributed by atoms with van der Waals surface area (Å²) < 4.78 is 27.2. The number of hydrogen-bond acceptors (Lipinski definition) is 4. The molecule has 1 unspecified atom stereocenters. The number of piperidine rings is 1. The Balaban J connectivity index is 1.13. The summed E-state index contributed by atoms with van der Waals surface area (Å²) in [6.07, 6.45) is 10.2. The van der Waals surface area contributed by atoms with Crippen molar-refractivity contribution >= 4 is 27.4 Å². The van der Waals surface area contributed by atoms with Crippen LogP contribution in [0, 0.1) is 11.3 Å². The number of carbonyl (C=O) groups is 1. The lowest BCUT2D eigenvalue weighted by Crippen LogP contribution is -2.68. The summed E-state index contributed by atoms with van der Waals surface area (Å²) in [4.78, 5) is 12.6. The highest BCUT2D eigenvalue weighted by Gasteiger charge is 2.61. The molecule has 1 aromatic heterocycles. The van der Waals surface area contributed by atoms with Gasteiger partial charge >= 0.3 is 6.03 Å². The number of urea groups is 1. The fourth-order valence-electron chi connectivity index (χ4n) is 6.54. The van der Waals surface area contributed by atoms with Gasteiger partial charge in [0.1, 0.15) is 4.21 Å². The zero-order chi connectivity index (χ0) is 19.4. The Kier molecular flexibility index (Phi) is 4.52. The molecule has 5 fully saturated rings. The first-order valence-corrected chi connectivity index (χ1v) is 12.8. The van der Waals surface area contributed by atoms with E-state index in [2.05, 4.69) is 10.6 Å². The minimum absolute atomic E-state index is 0.0244. The molecule has 1 spiro atoms. The second-order valence-electron chi connectivity index (χ2n) is 9.51. The first-order valence-electron chi connectivity index (χ1n) is 10.5. The van der Waals surface area contributed by atoms with Crippen LogP contribution in [0.4, 0.5) is 4.79 Å². The zero-order valence-corrected chi connectivity index (χ0v) is 17.8. The van der Waals surface area contributed by atoms with Crippen molar-refractivity contribution in [2.45, 2.75) is 73.6 Å². The van der Waals surface area contributed by atoms with Crippen LogP contribution < -0.4 is 10.6 Å². The number of nitrogens with zero attached hydrogens (tertiary/aromatic N) is 1. The van der Waals surface area contributed by atoms with Gasteiger partial charge in [-0.05, 0) is 67.7 Å². The second kappa shape index (κ2) is 6.71. The topological polar surface area (TPSA) is 78.5 Å². The molecule has 5 aliphatic rings. The molecule has 1 atom stereocenters. The summed E-state index contributed by atoms with van der Waals surface area (Å²) in [6, 6.07) is 3.40. The molecule has 4 aliphatic carbocycles. The molecular formula is C20H29N3O3S2. The van der Waals surface area contributed by atoms with Gasteiger partial charge in [0.2, 0.25) is 0 Å². The van der Waals surface area contributed by atoms with E-state index in [1.165, 1.54) is 37.0 Å². The van der Waals surface area contributed by atoms with E-state index in [-0.39, 0.29) is 17.6 Å². The third kappa shape index (κ3) is 3.27. The zero-order valence-electron chi connectivity index (χ0n) is 16.2.